The number of hydrogen-bond acceptors (Lipinski definition) is 2. The standard InChI is InChI=1S/C7H18N2S/c1-8-4-5-9(2)10-6-3-7-10/h8,10H,3-7H2,1-2H3. The molecule has 1 aliphatic rings. The molecule has 0 atom stereocenters. The number of hydrogen-bond donors (Lipinski definition) is 2. The van der Waals surface area contributed by atoms with E-state index in [1.807, 2.05) is 7.05 Å². The van der Waals surface area contributed by atoms with Gasteiger partial charge in [0.05, 0.1) is 0 Å². The van der Waals surface area contributed by atoms with Gasteiger partial charge in [0.1, 0.15) is 0 Å². The molecule has 0 saturated carbocycles. The van der Waals surface area contributed by atoms with Crippen LogP contribution in [0.1, 0.15) is 6.42 Å². The first-order chi connectivity index (χ1) is 4.84. The molecule has 0 amide bonds. The average Bonchev–Trinajstić information content (AvgIpc) is 1.79. The maximum atomic E-state index is 3.17. The highest BCUT2D eigenvalue weighted by Gasteiger charge is 2.16. The van der Waals surface area contributed by atoms with Crippen LogP contribution >= 0.6 is 11.1 Å². The van der Waals surface area contributed by atoms with E-state index in [1.54, 1.807) is 0 Å². The normalized spacial score (nSPS) is 21.3. The lowest BCUT2D eigenvalue weighted by Gasteiger charge is -2.38. The van der Waals surface area contributed by atoms with Gasteiger partial charge in [0.15, 0.2) is 0 Å². The van der Waals surface area contributed by atoms with E-state index in [4.69, 9.17) is 0 Å². The largest absolute Gasteiger partial charge is 0.318 e. The topological polar surface area (TPSA) is 15.3 Å². The molecule has 3 heteroatoms. The molecule has 1 fully saturated rings. The summed E-state index contributed by atoms with van der Waals surface area (Å²) in [6.07, 6.45) is 1.47. The zero-order valence-electron chi connectivity index (χ0n) is 6.93. The van der Waals surface area contributed by atoms with Gasteiger partial charge in [-0.1, -0.05) is 0 Å². The molecule has 1 N–H and O–H groups in total. The van der Waals surface area contributed by atoms with Crippen molar-refractivity contribution in [2.45, 2.75) is 6.42 Å². The van der Waals surface area contributed by atoms with Gasteiger partial charge in [-0.05, 0) is 32.0 Å². The van der Waals surface area contributed by atoms with Crippen molar-refractivity contribution in [3.05, 3.63) is 0 Å². The molecule has 0 aliphatic carbocycles. The number of thiol groups is 1. The molecular weight excluding hydrogens is 144 g/mol. The third kappa shape index (κ3) is 2.15. The molecule has 62 valence electrons. The molecule has 0 aromatic heterocycles. The second kappa shape index (κ2) is 4.21. The van der Waals surface area contributed by atoms with Crippen LogP contribution in [0.4, 0.5) is 0 Å². The highest BCUT2D eigenvalue weighted by atomic mass is 32.2. The van der Waals surface area contributed by atoms with Crippen LogP contribution in [-0.2, 0) is 0 Å². The summed E-state index contributed by atoms with van der Waals surface area (Å²) in [6, 6.07) is 0. The average molecular weight is 162 g/mol. The molecule has 1 rings (SSSR count). The molecule has 10 heavy (non-hydrogen) atoms. The molecule has 0 spiro atoms. The van der Waals surface area contributed by atoms with Crippen molar-refractivity contribution < 1.29 is 0 Å². The molecule has 1 heterocycles. The number of nitrogens with zero attached hydrogens (tertiary/aromatic N) is 1. The number of likely N-dealkylation sites (N-methyl/N-ethyl adjacent to an activating group) is 2. The summed E-state index contributed by atoms with van der Waals surface area (Å²) in [4.78, 5) is 0. The minimum absolute atomic E-state index is 0.323. The fourth-order valence-electron chi connectivity index (χ4n) is 1.06. The molecule has 0 aromatic carbocycles. The van der Waals surface area contributed by atoms with E-state index in [2.05, 4.69) is 16.7 Å². The van der Waals surface area contributed by atoms with Crippen LogP contribution in [0.2, 0.25) is 0 Å². The molecule has 1 saturated heterocycles. The van der Waals surface area contributed by atoms with Crippen LogP contribution in [0.3, 0.4) is 0 Å². The monoisotopic (exact) mass is 162 g/mol. The Labute approximate surface area is 66.5 Å². The first-order valence-electron chi connectivity index (χ1n) is 3.95. The SMILES string of the molecule is CNCCN(C)[SH]1CCC1. The van der Waals surface area contributed by atoms with Gasteiger partial charge in [-0.2, -0.15) is 11.1 Å². The second-order valence-corrected chi connectivity index (χ2v) is 5.38. The number of rotatable bonds is 4. The van der Waals surface area contributed by atoms with Gasteiger partial charge < -0.3 is 5.32 Å². The predicted molar refractivity (Wildman–Crippen MR) is 49.9 cm³/mol. The van der Waals surface area contributed by atoms with E-state index in [1.165, 1.54) is 24.5 Å². The van der Waals surface area contributed by atoms with Crippen LogP contribution in [0.5, 0.6) is 0 Å². The first-order valence-corrected chi connectivity index (χ1v) is 5.61. The Hall–Kier alpha value is 0.270. The summed E-state index contributed by atoms with van der Waals surface area (Å²) < 4.78 is 2.52. The summed E-state index contributed by atoms with van der Waals surface area (Å²) in [7, 11) is 4.27. The third-order valence-electron chi connectivity index (χ3n) is 2.00. The Morgan fingerprint density at radius 3 is 2.60 bits per heavy atom. The minimum Gasteiger partial charge on any atom is -0.318 e. The zero-order valence-corrected chi connectivity index (χ0v) is 7.82. The summed E-state index contributed by atoms with van der Waals surface area (Å²) in [6.45, 7) is 2.36. The summed E-state index contributed by atoms with van der Waals surface area (Å²) in [5, 5.41) is 3.17. The van der Waals surface area contributed by atoms with Crippen LogP contribution in [-0.4, -0.2) is 43.0 Å². The number of nitrogens with one attached hydrogen (secondary N) is 1. The molecule has 0 unspecified atom stereocenters. The van der Waals surface area contributed by atoms with Crippen molar-refractivity contribution in [2.24, 2.45) is 0 Å². The van der Waals surface area contributed by atoms with E-state index in [0.717, 1.165) is 6.54 Å². The van der Waals surface area contributed by atoms with E-state index < -0.39 is 0 Å². The van der Waals surface area contributed by atoms with E-state index >= 15 is 0 Å². The van der Waals surface area contributed by atoms with E-state index in [9.17, 15) is 0 Å². The van der Waals surface area contributed by atoms with Crippen molar-refractivity contribution in [3.63, 3.8) is 0 Å². The summed E-state index contributed by atoms with van der Waals surface area (Å²) in [5.41, 5.74) is 0. The van der Waals surface area contributed by atoms with Crippen molar-refractivity contribution in [2.75, 3.05) is 38.7 Å². The second-order valence-electron chi connectivity index (χ2n) is 2.79. The van der Waals surface area contributed by atoms with Crippen LogP contribution in [0.25, 0.3) is 0 Å². The van der Waals surface area contributed by atoms with Gasteiger partial charge in [-0.15, -0.1) is 0 Å². The molecule has 0 radical (unpaired) electrons. The van der Waals surface area contributed by atoms with Gasteiger partial charge in [0.25, 0.3) is 0 Å². The Kier molecular flexibility index (Phi) is 3.52. The van der Waals surface area contributed by atoms with Gasteiger partial charge in [-0.25, -0.2) is 0 Å². The molecule has 2 nitrogen and oxygen atoms in total. The maximum absolute atomic E-state index is 3.17. The lowest BCUT2D eigenvalue weighted by atomic mass is 10.5. The van der Waals surface area contributed by atoms with Crippen molar-refractivity contribution in [1.82, 2.24) is 9.62 Å². The quantitative estimate of drug-likeness (QED) is 0.584. The van der Waals surface area contributed by atoms with Gasteiger partial charge in [0.2, 0.25) is 0 Å². The van der Waals surface area contributed by atoms with Crippen LogP contribution in [0, 0.1) is 0 Å². The summed E-state index contributed by atoms with van der Waals surface area (Å²) in [5.74, 6) is 2.96. The van der Waals surface area contributed by atoms with Gasteiger partial charge in [0, 0.05) is 13.1 Å². The Bertz CT molecular complexity index is 93.6. The Morgan fingerprint density at radius 2 is 2.20 bits per heavy atom. The summed E-state index contributed by atoms with van der Waals surface area (Å²) >= 11 is 0.323. The Balaban J connectivity index is 2.02. The minimum atomic E-state index is 0.323. The smallest absolute Gasteiger partial charge is 0.0194 e. The van der Waals surface area contributed by atoms with E-state index in [-0.39, 0.29) is 0 Å². The van der Waals surface area contributed by atoms with Crippen LogP contribution in [0.15, 0.2) is 0 Å². The lowest BCUT2D eigenvalue weighted by Crippen LogP contribution is -2.30. The van der Waals surface area contributed by atoms with Gasteiger partial charge >= 0.3 is 0 Å². The molecule has 0 aromatic rings. The fraction of sp³-hybridized carbons (Fsp3) is 1.00. The third-order valence-corrected chi connectivity index (χ3v) is 4.83. The predicted octanol–water partition coefficient (Wildman–Crippen LogP) is 0.457. The molecular formula is C7H18N2S. The molecule has 0 bridgehead atoms. The van der Waals surface area contributed by atoms with Crippen LogP contribution < -0.4 is 5.32 Å². The highest BCUT2D eigenvalue weighted by Crippen LogP contribution is 2.38. The lowest BCUT2D eigenvalue weighted by molar-refractivity contribution is 0.534. The van der Waals surface area contributed by atoms with Gasteiger partial charge in [-0.3, -0.25) is 4.31 Å². The fourth-order valence-corrected chi connectivity index (χ4v) is 2.72. The highest BCUT2D eigenvalue weighted by molar-refractivity contribution is 8.16. The maximum Gasteiger partial charge on any atom is 0.0194 e. The molecule has 1 aliphatic heterocycles. The first kappa shape index (κ1) is 8.37. The van der Waals surface area contributed by atoms with E-state index in [0.29, 0.717) is 11.1 Å². The zero-order chi connectivity index (χ0) is 7.40. The Morgan fingerprint density at radius 1 is 1.50 bits per heavy atom. The van der Waals surface area contributed by atoms with Crippen molar-refractivity contribution in [1.29, 1.82) is 0 Å². The van der Waals surface area contributed by atoms with Crippen molar-refractivity contribution in [3.8, 4) is 0 Å². The van der Waals surface area contributed by atoms with Crippen molar-refractivity contribution >= 4 is 11.1 Å².